The van der Waals surface area contributed by atoms with Crippen molar-refractivity contribution in [2.45, 2.75) is 46.5 Å². The SMILES string of the molecule is CC(=O)N(CC(=O)Nc1ccc(F)cc1)c1c(C(C)C)cccc1C(C)C. The number of halogens is 1. The third kappa shape index (κ3) is 5.16. The van der Waals surface area contributed by atoms with Crippen LogP contribution in [0.5, 0.6) is 0 Å². The number of nitrogens with zero attached hydrogens (tertiary/aromatic N) is 1. The van der Waals surface area contributed by atoms with E-state index in [1.165, 1.54) is 36.1 Å². The van der Waals surface area contributed by atoms with E-state index in [9.17, 15) is 14.0 Å². The third-order valence-corrected chi connectivity index (χ3v) is 4.42. The first-order valence-electron chi connectivity index (χ1n) is 9.17. The van der Waals surface area contributed by atoms with Gasteiger partial charge in [0.2, 0.25) is 11.8 Å². The summed E-state index contributed by atoms with van der Waals surface area (Å²) in [7, 11) is 0. The summed E-state index contributed by atoms with van der Waals surface area (Å²) in [5.74, 6) is -0.475. The summed E-state index contributed by atoms with van der Waals surface area (Å²) in [6.45, 7) is 9.64. The average Bonchev–Trinajstić information content (AvgIpc) is 2.60. The molecular formula is C22H27FN2O2. The second kappa shape index (κ2) is 8.80. The van der Waals surface area contributed by atoms with E-state index in [0.717, 1.165) is 16.8 Å². The lowest BCUT2D eigenvalue weighted by atomic mass is 9.91. The molecule has 0 spiro atoms. The van der Waals surface area contributed by atoms with E-state index in [1.54, 1.807) is 0 Å². The van der Waals surface area contributed by atoms with Crippen LogP contribution >= 0.6 is 0 Å². The average molecular weight is 370 g/mol. The lowest BCUT2D eigenvalue weighted by Crippen LogP contribution is -2.38. The molecule has 0 saturated carbocycles. The Morgan fingerprint density at radius 3 is 1.93 bits per heavy atom. The second-order valence-electron chi connectivity index (χ2n) is 7.25. The van der Waals surface area contributed by atoms with Crippen LogP contribution in [0.3, 0.4) is 0 Å². The van der Waals surface area contributed by atoms with Crippen molar-refractivity contribution in [3.05, 3.63) is 59.4 Å². The molecule has 0 bridgehead atoms. The van der Waals surface area contributed by atoms with E-state index >= 15 is 0 Å². The Hall–Kier alpha value is -2.69. The Morgan fingerprint density at radius 1 is 0.963 bits per heavy atom. The molecule has 0 aliphatic carbocycles. The molecule has 0 unspecified atom stereocenters. The van der Waals surface area contributed by atoms with E-state index in [-0.39, 0.29) is 36.0 Å². The number of nitrogens with one attached hydrogen (secondary N) is 1. The summed E-state index contributed by atoms with van der Waals surface area (Å²) in [5.41, 5.74) is 3.37. The van der Waals surface area contributed by atoms with Crippen LogP contribution in [0.15, 0.2) is 42.5 Å². The fraction of sp³-hybridized carbons (Fsp3) is 0.364. The highest BCUT2D eigenvalue weighted by atomic mass is 19.1. The van der Waals surface area contributed by atoms with Crippen LogP contribution in [0.25, 0.3) is 0 Å². The summed E-state index contributed by atoms with van der Waals surface area (Å²) in [6.07, 6.45) is 0. The monoisotopic (exact) mass is 370 g/mol. The molecule has 2 aromatic rings. The zero-order valence-corrected chi connectivity index (χ0v) is 16.5. The summed E-state index contributed by atoms with van der Waals surface area (Å²) in [4.78, 5) is 26.5. The molecule has 2 amide bonds. The fourth-order valence-electron chi connectivity index (χ4n) is 3.05. The maximum atomic E-state index is 13.0. The highest BCUT2D eigenvalue weighted by molar-refractivity contribution is 6.02. The Morgan fingerprint density at radius 2 is 1.48 bits per heavy atom. The number of para-hydroxylation sites is 1. The topological polar surface area (TPSA) is 49.4 Å². The van der Waals surface area contributed by atoms with Crippen molar-refractivity contribution in [2.24, 2.45) is 0 Å². The molecule has 0 atom stereocenters. The Kier molecular flexibility index (Phi) is 6.72. The van der Waals surface area contributed by atoms with E-state index < -0.39 is 0 Å². The Balaban J connectivity index is 2.36. The van der Waals surface area contributed by atoms with Crippen LogP contribution in [-0.2, 0) is 9.59 Å². The first-order valence-corrected chi connectivity index (χ1v) is 9.17. The molecule has 0 aliphatic rings. The molecule has 0 saturated heterocycles. The van der Waals surface area contributed by atoms with Crippen LogP contribution in [0.4, 0.5) is 15.8 Å². The molecule has 4 nitrogen and oxygen atoms in total. The number of anilines is 2. The number of rotatable bonds is 6. The minimum absolute atomic E-state index is 0.101. The van der Waals surface area contributed by atoms with Gasteiger partial charge in [-0.2, -0.15) is 0 Å². The van der Waals surface area contributed by atoms with Gasteiger partial charge >= 0.3 is 0 Å². The van der Waals surface area contributed by atoms with Gasteiger partial charge in [-0.1, -0.05) is 45.9 Å². The number of benzene rings is 2. The molecule has 2 aromatic carbocycles. The first-order chi connectivity index (χ1) is 12.7. The number of carbonyl (C=O) groups excluding carboxylic acids is 2. The van der Waals surface area contributed by atoms with Crippen LogP contribution in [0, 0.1) is 5.82 Å². The zero-order chi connectivity index (χ0) is 20.1. The Labute approximate surface area is 160 Å². The number of hydrogen-bond acceptors (Lipinski definition) is 2. The van der Waals surface area contributed by atoms with Gasteiger partial charge in [0.15, 0.2) is 0 Å². The Bertz CT molecular complexity index is 787. The van der Waals surface area contributed by atoms with Gasteiger partial charge in [0.05, 0.1) is 5.69 Å². The summed E-state index contributed by atoms with van der Waals surface area (Å²) < 4.78 is 13.0. The highest BCUT2D eigenvalue weighted by Crippen LogP contribution is 2.35. The molecule has 0 radical (unpaired) electrons. The molecule has 27 heavy (non-hydrogen) atoms. The standard InChI is InChI=1S/C22H27FN2O2/c1-14(2)19-7-6-8-20(15(3)4)22(19)25(16(5)26)13-21(27)24-18-11-9-17(23)10-12-18/h6-12,14-15H,13H2,1-5H3,(H,24,27). The van der Waals surface area contributed by atoms with Crippen molar-refractivity contribution >= 4 is 23.2 Å². The smallest absolute Gasteiger partial charge is 0.244 e. The van der Waals surface area contributed by atoms with Crippen molar-refractivity contribution in [1.29, 1.82) is 0 Å². The summed E-state index contributed by atoms with van der Waals surface area (Å²) in [5, 5.41) is 2.72. The van der Waals surface area contributed by atoms with Crippen LogP contribution in [0.2, 0.25) is 0 Å². The van der Waals surface area contributed by atoms with Crippen molar-refractivity contribution in [3.63, 3.8) is 0 Å². The molecule has 2 rings (SSSR count). The molecule has 1 N–H and O–H groups in total. The van der Waals surface area contributed by atoms with Gasteiger partial charge in [0.1, 0.15) is 12.4 Å². The maximum absolute atomic E-state index is 13.0. The molecule has 144 valence electrons. The third-order valence-electron chi connectivity index (χ3n) is 4.42. The molecule has 5 heteroatoms. The fourth-order valence-corrected chi connectivity index (χ4v) is 3.05. The molecule has 0 aliphatic heterocycles. The molecule has 0 fully saturated rings. The van der Waals surface area contributed by atoms with Crippen molar-refractivity contribution in [1.82, 2.24) is 0 Å². The van der Waals surface area contributed by atoms with Gasteiger partial charge in [-0.25, -0.2) is 4.39 Å². The van der Waals surface area contributed by atoms with Crippen molar-refractivity contribution in [3.8, 4) is 0 Å². The van der Waals surface area contributed by atoms with Gasteiger partial charge in [-0.05, 0) is 47.2 Å². The van der Waals surface area contributed by atoms with E-state index in [4.69, 9.17) is 0 Å². The van der Waals surface area contributed by atoms with Crippen molar-refractivity contribution < 1.29 is 14.0 Å². The molecular weight excluding hydrogens is 343 g/mol. The predicted molar refractivity (Wildman–Crippen MR) is 108 cm³/mol. The first kappa shape index (κ1) is 20.6. The summed E-state index contributed by atoms with van der Waals surface area (Å²) >= 11 is 0. The summed E-state index contributed by atoms with van der Waals surface area (Å²) in [6, 6.07) is 11.5. The minimum Gasteiger partial charge on any atom is -0.325 e. The lowest BCUT2D eigenvalue weighted by molar-refractivity contribution is -0.120. The number of amides is 2. The van der Waals surface area contributed by atoms with Crippen molar-refractivity contribution in [2.75, 3.05) is 16.8 Å². The van der Waals surface area contributed by atoms with Gasteiger partial charge in [-0.3, -0.25) is 9.59 Å². The quantitative estimate of drug-likeness (QED) is 0.772. The van der Waals surface area contributed by atoms with Gasteiger partial charge in [0.25, 0.3) is 0 Å². The maximum Gasteiger partial charge on any atom is 0.244 e. The van der Waals surface area contributed by atoms with Crippen LogP contribution in [0.1, 0.15) is 57.6 Å². The van der Waals surface area contributed by atoms with Crippen LogP contribution < -0.4 is 10.2 Å². The lowest BCUT2D eigenvalue weighted by Gasteiger charge is -2.29. The van der Waals surface area contributed by atoms with E-state index in [2.05, 4.69) is 33.0 Å². The zero-order valence-electron chi connectivity index (χ0n) is 16.5. The van der Waals surface area contributed by atoms with E-state index in [1.807, 2.05) is 18.2 Å². The molecule has 0 aromatic heterocycles. The van der Waals surface area contributed by atoms with E-state index in [0.29, 0.717) is 5.69 Å². The molecule has 0 heterocycles. The van der Waals surface area contributed by atoms with Gasteiger partial charge < -0.3 is 10.2 Å². The largest absolute Gasteiger partial charge is 0.325 e. The predicted octanol–water partition coefficient (Wildman–Crippen LogP) is 5.06. The number of carbonyl (C=O) groups is 2. The van der Waals surface area contributed by atoms with Crippen LogP contribution in [-0.4, -0.2) is 18.4 Å². The normalized spacial score (nSPS) is 11.0. The minimum atomic E-state index is -0.370. The van der Waals surface area contributed by atoms with Gasteiger partial charge in [0, 0.05) is 12.6 Å². The second-order valence-corrected chi connectivity index (χ2v) is 7.25. The number of hydrogen-bond donors (Lipinski definition) is 1. The van der Waals surface area contributed by atoms with Gasteiger partial charge in [-0.15, -0.1) is 0 Å². The highest BCUT2D eigenvalue weighted by Gasteiger charge is 2.24.